The summed E-state index contributed by atoms with van der Waals surface area (Å²) in [5.74, 6) is -3.23. The molecule has 2 aliphatic heterocycles. The Balaban J connectivity index is 1.41. The number of thiazole rings is 1. The molecule has 0 saturated carbocycles. The van der Waals surface area contributed by atoms with Gasteiger partial charge in [0, 0.05) is 43.0 Å². The van der Waals surface area contributed by atoms with E-state index in [-0.39, 0.29) is 46.8 Å². The van der Waals surface area contributed by atoms with E-state index in [9.17, 15) is 25.6 Å². The Morgan fingerprint density at radius 2 is 1.62 bits per heavy atom. The van der Waals surface area contributed by atoms with Gasteiger partial charge in [0.25, 0.3) is 10.0 Å². The molecule has 2 atom stereocenters. The minimum absolute atomic E-state index is 0.0504. The Labute approximate surface area is 274 Å². The topological polar surface area (TPSA) is 146 Å². The molecular weight excluding hydrogens is 676 g/mol. The van der Waals surface area contributed by atoms with Crippen LogP contribution in [0.4, 0.5) is 29.9 Å². The van der Waals surface area contributed by atoms with Crippen LogP contribution in [0.25, 0.3) is 21.8 Å². The minimum Gasteiger partial charge on any atom is -0.351 e. The second-order valence-corrected chi connectivity index (χ2v) is 16.5. The third-order valence-electron chi connectivity index (χ3n) is 8.13. The van der Waals surface area contributed by atoms with E-state index in [2.05, 4.69) is 25.5 Å². The van der Waals surface area contributed by atoms with E-state index >= 15 is 4.39 Å². The van der Waals surface area contributed by atoms with Crippen molar-refractivity contribution in [3.63, 3.8) is 0 Å². The summed E-state index contributed by atoms with van der Waals surface area (Å²) in [4.78, 5) is 15.2. The molecule has 2 unspecified atom stereocenters. The SMILES string of the molecule is CC1CNCC(C)N1c1nc(-c2cccc(NS(=O)(=O)c3c(F)cccc3F)c2F)c(-c2ccnc(NC3CCS(=O)(=O)CC3)n2)s1. The van der Waals surface area contributed by atoms with Gasteiger partial charge in [-0.25, -0.2) is 45.0 Å². The first-order chi connectivity index (χ1) is 22.3. The quantitative estimate of drug-likeness (QED) is 0.236. The second-order valence-electron chi connectivity index (χ2n) is 11.6. The lowest BCUT2D eigenvalue weighted by Gasteiger charge is -2.39. The number of anilines is 3. The number of sulfone groups is 1. The van der Waals surface area contributed by atoms with Crippen LogP contribution in [0.5, 0.6) is 0 Å². The molecule has 3 N–H and O–H groups in total. The summed E-state index contributed by atoms with van der Waals surface area (Å²) in [6, 6.07) is 8.23. The van der Waals surface area contributed by atoms with E-state index in [0.717, 1.165) is 24.3 Å². The number of piperazine rings is 1. The smallest absolute Gasteiger partial charge is 0.267 e. The highest BCUT2D eigenvalue weighted by Gasteiger charge is 2.31. The Morgan fingerprint density at radius 1 is 0.957 bits per heavy atom. The van der Waals surface area contributed by atoms with Gasteiger partial charge in [-0.3, -0.25) is 4.72 Å². The van der Waals surface area contributed by atoms with Gasteiger partial charge in [0.15, 0.2) is 15.8 Å². The van der Waals surface area contributed by atoms with Crippen LogP contribution >= 0.6 is 11.3 Å². The van der Waals surface area contributed by atoms with Gasteiger partial charge in [-0.15, -0.1) is 0 Å². The molecule has 0 spiro atoms. The Bertz CT molecular complexity index is 1980. The molecule has 250 valence electrons. The predicted molar refractivity (Wildman–Crippen MR) is 175 cm³/mol. The van der Waals surface area contributed by atoms with E-state index in [4.69, 9.17) is 4.98 Å². The maximum Gasteiger partial charge on any atom is 0.267 e. The van der Waals surface area contributed by atoms with Crippen molar-refractivity contribution in [2.24, 2.45) is 0 Å². The number of aromatic nitrogens is 3. The Morgan fingerprint density at radius 3 is 2.30 bits per heavy atom. The lowest BCUT2D eigenvalue weighted by atomic mass is 10.1. The van der Waals surface area contributed by atoms with Crippen LogP contribution in [-0.2, 0) is 19.9 Å². The Kier molecular flexibility index (Phi) is 9.17. The number of hydrogen-bond donors (Lipinski definition) is 3. The van der Waals surface area contributed by atoms with Crippen LogP contribution < -0.4 is 20.3 Å². The molecule has 0 radical (unpaired) electrons. The van der Waals surface area contributed by atoms with Crippen molar-refractivity contribution < 1.29 is 30.0 Å². The molecule has 17 heteroatoms. The highest BCUT2D eigenvalue weighted by atomic mass is 32.2. The van der Waals surface area contributed by atoms with Gasteiger partial charge in [-0.2, -0.15) is 0 Å². The highest BCUT2D eigenvalue weighted by molar-refractivity contribution is 7.92. The molecule has 4 aromatic rings. The highest BCUT2D eigenvalue weighted by Crippen LogP contribution is 2.43. The van der Waals surface area contributed by atoms with Crippen molar-refractivity contribution in [1.29, 1.82) is 0 Å². The zero-order chi connectivity index (χ0) is 33.5. The molecule has 2 aromatic carbocycles. The number of nitrogens with zero attached hydrogens (tertiary/aromatic N) is 4. The van der Waals surface area contributed by atoms with Gasteiger partial charge in [0.2, 0.25) is 5.95 Å². The molecule has 2 saturated heterocycles. The van der Waals surface area contributed by atoms with E-state index in [0.29, 0.717) is 41.6 Å². The first-order valence-corrected chi connectivity index (χ1v) is 19.0. The molecule has 11 nitrogen and oxygen atoms in total. The van der Waals surface area contributed by atoms with Gasteiger partial charge >= 0.3 is 0 Å². The molecule has 0 amide bonds. The van der Waals surface area contributed by atoms with Crippen molar-refractivity contribution in [3.8, 4) is 21.8 Å². The normalized spacial score (nSPS) is 20.2. The first kappa shape index (κ1) is 33.1. The van der Waals surface area contributed by atoms with Gasteiger partial charge in [-0.05, 0) is 57.0 Å². The van der Waals surface area contributed by atoms with Crippen molar-refractivity contribution >= 4 is 48.0 Å². The molecule has 2 aromatic heterocycles. The van der Waals surface area contributed by atoms with Crippen molar-refractivity contribution in [1.82, 2.24) is 20.3 Å². The summed E-state index contributed by atoms with van der Waals surface area (Å²) < 4.78 is 96.8. The summed E-state index contributed by atoms with van der Waals surface area (Å²) >= 11 is 1.29. The van der Waals surface area contributed by atoms with Crippen LogP contribution in [-0.4, -0.2) is 74.5 Å². The van der Waals surface area contributed by atoms with Gasteiger partial charge in [0.05, 0.1) is 33.5 Å². The number of halogens is 3. The van der Waals surface area contributed by atoms with E-state index in [1.807, 2.05) is 18.6 Å². The molecule has 2 aliphatic rings. The maximum atomic E-state index is 16.3. The number of benzene rings is 2. The zero-order valence-electron chi connectivity index (χ0n) is 25.4. The number of sulfonamides is 1. The van der Waals surface area contributed by atoms with E-state index < -0.39 is 47.9 Å². The molecule has 6 rings (SSSR count). The van der Waals surface area contributed by atoms with Crippen LogP contribution in [0.1, 0.15) is 26.7 Å². The van der Waals surface area contributed by atoms with E-state index in [1.165, 1.54) is 29.7 Å². The van der Waals surface area contributed by atoms with Gasteiger partial charge in [0.1, 0.15) is 21.5 Å². The van der Waals surface area contributed by atoms with Crippen LogP contribution in [0.3, 0.4) is 0 Å². The van der Waals surface area contributed by atoms with Gasteiger partial charge in [-0.1, -0.05) is 23.5 Å². The van der Waals surface area contributed by atoms with Crippen molar-refractivity contribution in [3.05, 3.63) is 66.1 Å². The average molecular weight is 708 g/mol. The first-order valence-electron chi connectivity index (χ1n) is 14.9. The van der Waals surface area contributed by atoms with Gasteiger partial charge < -0.3 is 15.5 Å². The van der Waals surface area contributed by atoms with Crippen LogP contribution in [0, 0.1) is 17.5 Å². The predicted octanol–water partition coefficient (Wildman–Crippen LogP) is 4.66. The van der Waals surface area contributed by atoms with Crippen molar-refractivity contribution in [2.45, 2.75) is 49.7 Å². The molecular formula is C30H32F3N7O4S3. The van der Waals surface area contributed by atoms with Crippen molar-refractivity contribution in [2.75, 3.05) is 39.5 Å². The number of hydrogen-bond acceptors (Lipinski definition) is 11. The van der Waals surface area contributed by atoms with Crippen LogP contribution in [0.2, 0.25) is 0 Å². The summed E-state index contributed by atoms with van der Waals surface area (Å²) in [5.41, 5.74) is 0.0236. The minimum atomic E-state index is -4.85. The molecule has 0 bridgehead atoms. The lowest BCUT2D eigenvalue weighted by molar-refractivity contribution is 0.431. The largest absolute Gasteiger partial charge is 0.351 e. The number of rotatable bonds is 8. The molecule has 0 aliphatic carbocycles. The zero-order valence-corrected chi connectivity index (χ0v) is 27.8. The lowest BCUT2D eigenvalue weighted by Crippen LogP contribution is -2.55. The third kappa shape index (κ3) is 6.93. The average Bonchev–Trinajstić information content (AvgIpc) is 3.44. The fraction of sp³-hybridized carbons (Fsp3) is 0.367. The summed E-state index contributed by atoms with van der Waals surface area (Å²) in [7, 11) is -7.92. The third-order valence-corrected chi connectivity index (χ3v) is 12.4. The maximum absolute atomic E-state index is 16.3. The molecule has 4 heterocycles. The standard InChI is InChI=1S/C30H32F3N7O4S3/c1-17-15-34-16-18(2)40(17)30-38-26(27(45-30)24-9-12-35-29(37-24)36-19-10-13-46(41,42)14-11-19)20-5-3-8-23(25(20)33)39-47(43,44)28-21(31)6-4-7-22(28)32/h3-9,12,17-19,34,39H,10-11,13-16H2,1-2H3,(H,35,36,37). The van der Waals surface area contributed by atoms with Crippen LogP contribution in [0.15, 0.2) is 53.6 Å². The number of nitrogens with one attached hydrogen (secondary N) is 3. The van der Waals surface area contributed by atoms with E-state index in [1.54, 1.807) is 6.07 Å². The fourth-order valence-electron chi connectivity index (χ4n) is 5.79. The summed E-state index contributed by atoms with van der Waals surface area (Å²) in [5, 5.41) is 7.18. The fourth-order valence-corrected chi connectivity index (χ4v) is 9.73. The molecule has 47 heavy (non-hydrogen) atoms. The second kappa shape index (κ2) is 13.0. The summed E-state index contributed by atoms with van der Waals surface area (Å²) in [6.07, 6.45) is 2.36. The monoisotopic (exact) mass is 707 g/mol. The molecule has 2 fully saturated rings. The summed E-state index contributed by atoms with van der Waals surface area (Å²) in [6.45, 7) is 5.48. The Hall–Kier alpha value is -3.80.